The summed E-state index contributed by atoms with van der Waals surface area (Å²) < 4.78 is 0. The standard InChI is InChI=1S/C15H19NO2S/c17-9-8-16(11-13-5-2-1-3-6-13)12-14(18)15-7-4-10-19-15/h1-7,10,14,17-18H,8-9,11-12H2. The van der Waals surface area contributed by atoms with Crippen LogP contribution in [0.25, 0.3) is 0 Å². The second-order valence-electron chi connectivity index (χ2n) is 4.48. The van der Waals surface area contributed by atoms with Crippen molar-refractivity contribution in [3.8, 4) is 0 Å². The lowest BCUT2D eigenvalue weighted by molar-refractivity contribution is 0.0979. The Balaban J connectivity index is 1.96. The summed E-state index contributed by atoms with van der Waals surface area (Å²) in [5, 5.41) is 21.3. The highest BCUT2D eigenvalue weighted by atomic mass is 32.1. The number of hydrogen-bond donors (Lipinski definition) is 2. The molecule has 0 bridgehead atoms. The molecule has 1 atom stereocenters. The molecule has 3 nitrogen and oxygen atoms in total. The fourth-order valence-electron chi connectivity index (χ4n) is 2.03. The van der Waals surface area contributed by atoms with Crippen LogP contribution in [-0.2, 0) is 6.54 Å². The van der Waals surface area contributed by atoms with Crippen molar-refractivity contribution in [1.29, 1.82) is 0 Å². The molecule has 0 spiro atoms. The lowest BCUT2D eigenvalue weighted by Gasteiger charge is -2.24. The summed E-state index contributed by atoms with van der Waals surface area (Å²) in [6.45, 7) is 1.95. The highest BCUT2D eigenvalue weighted by Gasteiger charge is 2.14. The molecule has 102 valence electrons. The zero-order valence-corrected chi connectivity index (χ0v) is 11.6. The van der Waals surface area contributed by atoms with E-state index in [1.165, 1.54) is 5.56 Å². The van der Waals surface area contributed by atoms with Gasteiger partial charge in [-0.15, -0.1) is 11.3 Å². The molecule has 2 rings (SSSR count). The van der Waals surface area contributed by atoms with Gasteiger partial charge in [-0.1, -0.05) is 36.4 Å². The maximum Gasteiger partial charge on any atom is 0.101 e. The number of hydrogen-bond acceptors (Lipinski definition) is 4. The minimum atomic E-state index is -0.490. The monoisotopic (exact) mass is 277 g/mol. The molecule has 1 heterocycles. The average Bonchev–Trinajstić information content (AvgIpc) is 2.94. The van der Waals surface area contributed by atoms with Crippen molar-refractivity contribution in [2.24, 2.45) is 0 Å². The molecular formula is C15H19NO2S. The van der Waals surface area contributed by atoms with Crippen LogP contribution in [0.2, 0.25) is 0 Å². The van der Waals surface area contributed by atoms with Crippen molar-refractivity contribution >= 4 is 11.3 Å². The third-order valence-electron chi connectivity index (χ3n) is 2.97. The molecule has 0 amide bonds. The topological polar surface area (TPSA) is 43.7 Å². The largest absolute Gasteiger partial charge is 0.395 e. The molecule has 0 radical (unpaired) electrons. The Hall–Kier alpha value is -1.20. The molecule has 1 aromatic heterocycles. The van der Waals surface area contributed by atoms with Crippen LogP contribution in [0.15, 0.2) is 47.8 Å². The Morgan fingerprint density at radius 3 is 2.53 bits per heavy atom. The molecule has 2 N–H and O–H groups in total. The fourth-order valence-corrected chi connectivity index (χ4v) is 2.74. The summed E-state index contributed by atoms with van der Waals surface area (Å²) in [6, 6.07) is 14.0. The number of nitrogens with zero attached hydrogens (tertiary/aromatic N) is 1. The first-order valence-electron chi connectivity index (χ1n) is 6.38. The van der Waals surface area contributed by atoms with E-state index in [1.54, 1.807) is 11.3 Å². The predicted molar refractivity (Wildman–Crippen MR) is 78.1 cm³/mol. The van der Waals surface area contributed by atoms with Gasteiger partial charge in [-0.3, -0.25) is 4.90 Å². The Kier molecular flexibility index (Phi) is 5.54. The summed E-state index contributed by atoms with van der Waals surface area (Å²) in [5.74, 6) is 0. The van der Waals surface area contributed by atoms with E-state index in [1.807, 2.05) is 35.7 Å². The maximum atomic E-state index is 10.2. The van der Waals surface area contributed by atoms with Crippen LogP contribution in [0, 0.1) is 0 Å². The molecular weight excluding hydrogens is 258 g/mol. The van der Waals surface area contributed by atoms with Gasteiger partial charge in [0.2, 0.25) is 0 Å². The zero-order chi connectivity index (χ0) is 13.5. The minimum absolute atomic E-state index is 0.101. The van der Waals surface area contributed by atoms with Gasteiger partial charge in [-0.05, 0) is 17.0 Å². The lowest BCUT2D eigenvalue weighted by Crippen LogP contribution is -2.30. The molecule has 0 aliphatic carbocycles. The van der Waals surface area contributed by atoms with Crippen LogP contribution < -0.4 is 0 Å². The minimum Gasteiger partial charge on any atom is -0.395 e. The first-order valence-corrected chi connectivity index (χ1v) is 7.26. The van der Waals surface area contributed by atoms with Crippen molar-refractivity contribution in [1.82, 2.24) is 4.90 Å². The normalized spacial score (nSPS) is 12.8. The number of thiophene rings is 1. The smallest absolute Gasteiger partial charge is 0.101 e. The van der Waals surface area contributed by atoms with E-state index in [9.17, 15) is 5.11 Å². The second kappa shape index (κ2) is 7.40. The summed E-state index contributed by atoms with van der Waals surface area (Å²) in [4.78, 5) is 3.04. The van der Waals surface area contributed by atoms with Crippen LogP contribution in [0.4, 0.5) is 0 Å². The van der Waals surface area contributed by atoms with Crippen LogP contribution in [0.5, 0.6) is 0 Å². The quantitative estimate of drug-likeness (QED) is 0.816. The number of aliphatic hydroxyl groups is 2. The van der Waals surface area contributed by atoms with Gasteiger partial charge in [0, 0.05) is 24.5 Å². The van der Waals surface area contributed by atoms with Crippen LogP contribution in [0.3, 0.4) is 0 Å². The molecule has 1 unspecified atom stereocenters. The number of benzene rings is 1. The van der Waals surface area contributed by atoms with Crippen LogP contribution in [-0.4, -0.2) is 34.8 Å². The average molecular weight is 277 g/mol. The molecule has 4 heteroatoms. The van der Waals surface area contributed by atoms with E-state index in [0.717, 1.165) is 11.4 Å². The number of aliphatic hydroxyl groups excluding tert-OH is 2. The first-order chi connectivity index (χ1) is 9.29. The Labute approximate surface area is 117 Å². The summed E-state index contributed by atoms with van der Waals surface area (Å²) in [7, 11) is 0. The fraction of sp³-hybridized carbons (Fsp3) is 0.333. The molecule has 1 aromatic carbocycles. The Bertz CT molecular complexity index is 458. The summed E-state index contributed by atoms with van der Waals surface area (Å²) in [5.41, 5.74) is 1.19. The SMILES string of the molecule is OCCN(Cc1ccccc1)CC(O)c1cccs1. The Morgan fingerprint density at radius 2 is 1.89 bits per heavy atom. The van der Waals surface area contributed by atoms with Crippen molar-refractivity contribution in [3.05, 3.63) is 58.3 Å². The third kappa shape index (κ3) is 4.44. The van der Waals surface area contributed by atoms with E-state index in [0.29, 0.717) is 13.1 Å². The first kappa shape index (κ1) is 14.2. The molecule has 0 saturated carbocycles. The Morgan fingerprint density at radius 1 is 1.11 bits per heavy atom. The van der Waals surface area contributed by atoms with Crippen LogP contribution in [0.1, 0.15) is 16.5 Å². The van der Waals surface area contributed by atoms with Gasteiger partial charge in [0.25, 0.3) is 0 Å². The van der Waals surface area contributed by atoms with Crippen molar-refractivity contribution in [2.45, 2.75) is 12.6 Å². The zero-order valence-electron chi connectivity index (χ0n) is 10.8. The lowest BCUT2D eigenvalue weighted by atomic mass is 10.2. The molecule has 0 aliphatic heterocycles. The second-order valence-corrected chi connectivity index (χ2v) is 5.45. The van der Waals surface area contributed by atoms with E-state index in [4.69, 9.17) is 5.11 Å². The van der Waals surface area contributed by atoms with Gasteiger partial charge < -0.3 is 10.2 Å². The highest BCUT2D eigenvalue weighted by molar-refractivity contribution is 7.10. The highest BCUT2D eigenvalue weighted by Crippen LogP contribution is 2.20. The van der Waals surface area contributed by atoms with E-state index >= 15 is 0 Å². The summed E-state index contributed by atoms with van der Waals surface area (Å²) in [6.07, 6.45) is -0.490. The molecule has 0 aliphatic rings. The van der Waals surface area contributed by atoms with Gasteiger partial charge in [0.05, 0.1) is 6.61 Å². The number of rotatable bonds is 7. The van der Waals surface area contributed by atoms with Gasteiger partial charge in [-0.2, -0.15) is 0 Å². The maximum absolute atomic E-state index is 10.2. The molecule has 19 heavy (non-hydrogen) atoms. The van der Waals surface area contributed by atoms with E-state index < -0.39 is 6.10 Å². The van der Waals surface area contributed by atoms with Gasteiger partial charge in [-0.25, -0.2) is 0 Å². The molecule has 0 saturated heterocycles. The molecule has 2 aromatic rings. The van der Waals surface area contributed by atoms with Crippen LogP contribution >= 0.6 is 11.3 Å². The van der Waals surface area contributed by atoms with Gasteiger partial charge in [0.1, 0.15) is 6.10 Å². The van der Waals surface area contributed by atoms with E-state index in [2.05, 4.69) is 17.0 Å². The predicted octanol–water partition coefficient (Wildman–Crippen LogP) is 2.28. The van der Waals surface area contributed by atoms with E-state index in [-0.39, 0.29) is 6.61 Å². The van der Waals surface area contributed by atoms with Gasteiger partial charge >= 0.3 is 0 Å². The van der Waals surface area contributed by atoms with Crippen molar-refractivity contribution in [3.63, 3.8) is 0 Å². The summed E-state index contributed by atoms with van der Waals surface area (Å²) >= 11 is 1.56. The van der Waals surface area contributed by atoms with Crippen molar-refractivity contribution in [2.75, 3.05) is 19.7 Å². The third-order valence-corrected chi connectivity index (χ3v) is 3.94. The van der Waals surface area contributed by atoms with Gasteiger partial charge in [0.15, 0.2) is 0 Å². The molecule has 0 fully saturated rings. The van der Waals surface area contributed by atoms with Crippen molar-refractivity contribution < 1.29 is 10.2 Å².